The third kappa shape index (κ3) is 2.86. The molecule has 0 fully saturated rings. The highest BCUT2D eigenvalue weighted by molar-refractivity contribution is 5.95. The molecule has 0 atom stereocenters. The second-order valence-electron chi connectivity index (χ2n) is 5.73. The normalized spacial score (nSPS) is 10.8. The first kappa shape index (κ1) is 15.8. The van der Waals surface area contributed by atoms with Crippen molar-refractivity contribution >= 4 is 28.1 Å². The van der Waals surface area contributed by atoms with E-state index in [2.05, 4.69) is 10.3 Å². The monoisotopic (exact) mass is 346 g/mol. The molecule has 4 aromatic rings. The minimum atomic E-state index is -0.412. The molecule has 7 nitrogen and oxygen atoms in total. The summed E-state index contributed by atoms with van der Waals surface area (Å²) in [6.45, 7) is 0.442. The Bertz CT molecular complexity index is 1050. The van der Waals surface area contributed by atoms with Gasteiger partial charge in [-0.2, -0.15) is 0 Å². The van der Waals surface area contributed by atoms with Crippen LogP contribution in [0.15, 0.2) is 77.4 Å². The average Bonchev–Trinajstić information content (AvgIpc) is 3.16. The molecule has 0 aliphatic carbocycles. The molecule has 0 aliphatic heterocycles. The van der Waals surface area contributed by atoms with Gasteiger partial charge in [-0.25, -0.2) is 4.63 Å². The molecule has 0 bridgehead atoms. The highest BCUT2D eigenvalue weighted by Crippen LogP contribution is 2.39. The molecule has 7 heteroatoms. The molecule has 1 heterocycles. The standard InChI is InChI=1S/C19H14N4O3/c24-23(25)17-12-11-16-18(21-26-20-16)19(17)22(15-9-5-2-6-10-15)13-14-7-3-1-4-8-14/h1-12H,13H2. The molecule has 0 spiro atoms. The lowest BCUT2D eigenvalue weighted by molar-refractivity contribution is -0.384. The summed E-state index contributed by atoms with van der Waals surface area (Å²) in [7, 11) is 0. The van der Waals surface area contributed by atoms with Gasteiger partial charge in [0.25, 0.3) is 5.69 Å². The third-order valence-corrected chi connectivity index (χ3v) is 4.10. The van der Waals surface area contributed by atoms with Crippen LogP contribution >= 0.6 is 0 Å². The summed E-state index contributed by atoms with van der Waals surface area (Å²) in [4.78, 5) is 13.1. The minimum absolute atomic E-state index is 0.0482. The number of hydrogen-bond acceptors (Lipinski definition) is 6. The Morgan fingerprint density at radius 3 is 2.31 bits per heavy atom. The van der Waals surface area contributed by atoms with Crippen molar-refractivity contribution in [2.45, 2.75) is 6.54 Å². The lowest BCUT2D eigenvalue weighted by atomic mass is 10.1. The summed E-state index contributed by atoms with van der Waals surface area (Å²) in [6.07, 6.45) is 0. The smallest absolute Gasteiger partial charge is 0.295 e. The van der Waals surface area contributed by atoms with Crippen LogP contribution in [-0.2, 0) is 6.54 Å². The van der Waals surface area contributed by atoms with Crippen molar-refractivity contribution in [2.24, 2.45) is 0 Å². The third-order valence-electron chi connectivity index (χ3n) is 4.10. The fraction of sp³-hybridized carbons (Fsp3) is 0.0526. The zero-order chi connectivity index (χ0) is 17.9. The first-order valence-electron chi connectivity index (χ1n) is 8.00. The molecule has 26 heavy (non-hydrogen) atoms. The number of benzene rings is 3. The molecular formula is C19H14N4O3. The van der Waals surface area contributed by atoms with E-state index in [9.17, 15) is 10.1 Å². The average molecular weight is 346 g/mol. The highest BCUT2D eigenvalue weighted by atomic mass is 16.6. The molecule has 128 valence electrons. The Kier molecular flexibility index (Phi) is 4.03. The van der Waals surface area contributed by atoms with E-state index in [0.717, 1.165) is 11.3 Å². The van der Waals surface area contributed by atoms with Crippen molar-refractivity contribution in [3.05, 3.63) is 88.5 Å². The van der Waals surface area contributed by atoms with E-state index in [1.54, 1.807) is 6.07 Å². The van der Waals surface area contributed by atoms with Gasteiger partial charge in [0.2, 0.25) is 0 Å². The lowest BCUT2D eigenvalue weighted by Gasteiger charge is -2.24. The van der Waals surface area contributed by atoms with Gasteiger partial charge < -0.3 is 4.90 Å². The van der Waals surface area contributed by atoms with E-state index in [4.69, 9.17) is 4.63 Å². The van der Waals surface area contributed by atoms with Gasteiger partial charge >= 0.3 is 0 Å². The summed E-state index contributed by atoms with van der Waals surface area (Å²) < 4.78 is 4.83. The fourth-order valence-corrected chi connectivity index (χ4v) is 2.91. The van der Waals surface area contributed by atoms with Gasteiger partial charge in [0, 0.05) is 18.3 Å². The summed E-state index contributed by atoms with van der Waals surface area (Å²) in [5.74, 6) is 0. The van der Waals surface area contributed by atoms with Gasteiger partial charge in [0.1, 0.15) is 5.52 Å². The van der Waals surface area contributed by atoms with Crippen LogP contribution in [0.5, 0.6) is 0 Å². The van der Waals surface area contributed by atoms with Crippen molar-refractivity contribution in [1.29, 1.82) is 0 Å². The van der Waals surface area contributed by atoms with Crippen molar-refractivity contribution in [2.75, 3.05) is 4.90 Å². The zero-order valence-electron chi connectivity index (χ0n) is 13.6. The van der Waals surface area contributed by atoms with Crippen LogP contribution < -0.4 is 4.90 Å². The van der Waals surface area contributed by atoms with Crippen molar-refractivity contribution < 1.29 is 9.55 Å². The van der Waals surface area contributed by atoms with E-state index in [1.165, 1.54) is 6.07 Å². The van der Waals surface area contributed by atoms with Crippen molar-refractivity contribution in [1.82, 2.24) is 10.3 Å². The number of nitro groups is 1. The van der Waals surface area contributed by atoms with Crippen molar-refractivity contribution in [3.8, 4) is 0 Å². The van der Waals surface area contributed by atoms with Crippen LogP contribution in [0.1, 0.15) is 5.56 Å². The second-order valence-corrected chi connectivity index (χ2v) is 5.73. The largest absolute Gasteiger partial charge is 0.329 e. The molecular weight excluding hydrogens is 332 g/mol. The lowest BCUT2D eigenvalue weighted by Crippen LogP contribution is -2.18. The van der Waals surface area contributed by atoms with Crippen LogP contribution in [0, 0.1) is 10.1 Å². The Morgan fingerprint density at radius 2 is 1.62 bits per heavy atom. The van der Waals surface area contributed by atoms with Crippen LogP contribution in [0.25, 0.3) is 11.0 Å². The Morgan fingerprint density at radius 1 is 0.923 bits per heavy atom. The first-order chi connectivity index (χ1) is 12.7. The molecule has 0 unspecified atom stereocenters. The zero-order valence-corrected chi connectivity index (χ0v) is 13.6. The van der Waals surface area contributed by atoms with Crippen LogP contribution in [-0.4, -0.2) is 15.2 Å². The number of rotatable bonds is 5. The molecule has 0 radical (unpaired) electrons. The summed E-state index contributed by atoms with van der Waals surface area (Å²) >= 11 is 0. The maximum absolute atomic E-state index is 11.7. The predicted octanol–water partition coefficient (Wildman–Crippen LogP) is 4.47. The minimum Gasteiger partial charge on any atom is -0.329 e. The van der Waals surface area contributed by atoms with Gasteiger partial charge in [0.05, 0.1) is 4.92 Å². The van der Waals surface area contributed by atoms with E-state index in [-0.39, 0.29) is 5.69 Å². The number of anilines is 2. The molecule has 0 aliphatic rings. The number of aromatic nitrogens is 2. The van der Waals surface area contributed by atoms with E-state index in [0.29, 0.717) is 23.3 Å². The predicted molar refractivity (Wildman–Crippen MR) is 97.2 cm³/mol. The fourth-order valence-electron chi connectivity index (χ4n) is 2.91. The molecule has 0 saturated carbocycles. The maximum atomic E-state index is 11.7. The van der Waals surface area contributed by atoms with E-state index >= 15 is 0 Å². The van der Waals surface area contributed by atoms with Gasteiger partial charge in [-0.15, -0.1) is 0 Å². The Labute approximate surface area is 148 Å². The van der Waals surface area contributed by atoms with Gasteiger partial charge in [-0.05, 0) is 34.1 Å². The summed E-state index contributed by atoms with van der Waals surface area (Å²) in [5, 5.41) is 19.4. The van der Waals surface area contributed by atoms with Crippen LogP contribution in [0.3, 0.4) is 0 Å². The van der Waals surface area contributed by atoms with E-state index < -0.39 is 4.92 Å². The van der Waals surface area contributed by atoms with Crippen LogP contribution in [0.2, 0.25) is 0 Å². The molecule has 4 rings (SSSR count). The van der Waals surface area contributed by atoms with Gasteiger partial charge in [0.15, 0.2) is 11.2 Å². The van der Waals surface area contributed by atoms with Gasteiger partial charge in [-0.1, -0.05) is 48.5 Å². The molecule has 0 amide bonds. The number of nitro benzene ring substituents is 1. The molecule has 0 N–H and O–H groups in total. The first-order valence-corrected chi connectivity index (χ1v) is 8.00. The number of nitrogens with zero attached hydrogens (tertiary/aromatic N) is 4. The summed E-state index contributed by atoms with van der Waals surface area (Å²) in [5.41, 5.74) is 2.98. The SMILES string of the molecule is O=[N+]([O-])c1ccc2nonc2c1N(Cc1ccccc1)c1ccccc1. The molecule has 0 saturated heterocycles. The van der Waals surface area contributed by atoms with Crippen molar-refractivity contribution in [3.63, 3.8) is 0 Å². The highest BCUT2D eigenvalue weighted by Gasteiger charge is 2.26. The number of para-hydroxylation sites is 1. The molecule has 3 aromatic carbocycles. The summed E-state index contributed by atoms with van der Waals surface area (Å²) in [6, 6.07) is 22.2. The Balaban J connectivity index is 1.94. The molecule has 1 aromatic heterocycles. The van der Waals surface area contributed by atoms with Crippen LogP contribution in [0.4, 0.5) is 17.1 Å². The van der Waals surface area contributed by atoms with Gasteiger partial charge in [-0.3, -0.25) is 10.1 Å². The maximum Gasteiger partial charge on any atom is 0.295 e. The quantitative estimate of drug-likeness (QED) is 0.391. The number of fused-ring (bicyclic) bond motifs is 1. The Hall–Kier alpha value is -3.74. The second kappa shape index (κ2) is 6.64. The number of hydrogen-bond donors (Lipinski definition) is 0. The topological polar surface area (TPSA) is 85.3 Å². The van der Waals surface area contributed by atoms with E-state index in [1.807, 2.05) is 65.6 Å².